The average Bonchev–Trinajstić information content (AvgIpc) is 2.97. The zero-order valence-electron chi connectivity index (χ0n) is 14.5. The van der Waals surface area contributed by atoms with Crippen molar-refractivity contribution in [3.8, 4) is 0 Å². The van der Waals surface area contributed by atoms with E-state index < -0.39 is 10.0 Å². The SMILES string of the molecule is CCN1CCCC1CNC(=NC)NCCCNS(=O)(=O)CC.I. The molecule has 0 amide bonds. The Bertz CT molecular complexity index is 444. The van der Waals surface area contributed by atoms with Gasteiger partial charge in [-0.1, -0.05) is 6.92 Å². The van der Waals surface area contributed by atoms with Crippen molar-refractivity contribution in [2.24, 2.45) is 4.99 Å². The fraction of sp³-hybridized carbons (Fsp3) is 0.929. The third kappa shape index (κ3) is 9.06. The molecule has 0 aromatic heterocycles. The van der Waals surface area contributed by atoms with Gasteiger partial charge >= 0.3 is 0 Å². The molecule has 0 aromatic rings. The van der Waals surface area contributed by atoms with Crippen LogP contribution in [0.15, 0.2) is 4.99 Å². The molecule has 3 N–H and O–H groups in total. The fourth-order valence-corrected chi connectivity index (χ4v) is 3.26. The van der Waals surface area contributed by atoms with Crippen molar-refractivity contribution in [2.75, 3.05) is 45.5 Å². The molecular weight excluding hydrogens is 429 g/mol. The standard InChI is InChI=1S/C14H31N5O2S.HI/c1-4-19-11-6-8-13(19)12-17-14(15-3)16-9-7-10-18-22(20,21)5-2;/h13,18H,4-12H2,1-3H3,(H2,15,16,17);1H. The maximum atomic E-state index is 11.3. The van der Waals surface area contributed by atoms with Crippen molar-refractivity contribution in [3.63, 3.8) is 0 Å². The van der Waals surface area contributed by atoms with Gasteiger partial charge in [-0.15, -0.1) is 24.0 Å². The Labute approximate surface area is 158 Å². The molecule has 23 heavy (non-hydrogen) atoms. The van der Waals surface area contributed by atoms with Crippen LogP contribution in [0.1, 0.15) is 33.1 Å². The highest BCUT2D eigenvalue weighted by Crippen LogP contribution is 2.15. The summed E-state index contributed by atoms with van der Waals surface area (Å²) in [4.78, 5) is 6.69. The Hall–Kier alpha value is -0.130. The van der Waals surface area contributed by atoms with Gasteiger partial charge < -0.3 is 10.6 Å². The van der Waals surface area contributed by atoms with Crippen LogP contribution in [0.4, 0.5) is 0 Å². The number of guanidine groups is 1. The second kappa shape index (κ2) is 12.3. The summed E-state index contributed by atoms with van der Waals surface area (Å²) in [5.74, 6) is 0.903. The maximum Gasteiger partial charge on any atom is 0.211 e. The van der Waals surface area contributed by atoms with E-state index in [1.54, 1.807) is 14.0 Å². The van der Waals surface area contributed by atoms with E-state index in [1.165, 1.54) is 19.4 Å². The summed E-state index contributed by atoms with van der Waals surface area (Å²) < 4.78 is 25.1. The fourth-order valence-electron chi connectivity index (χ4n) is 2.60. The largest absolute Gasteiger partial charge is 0.356 e. The van der Waals surface area contributed by atoms with Gasteiger partial charge in [0.1, 0.15) is 0 Å². The molecule has 0 spiro atoms. The second-order valence-electron chi connectivity index (χ2n) is 5.46. The summed E-state index contributed by atoms with van der Waals surface area (Å²) in [5, 5.41) is 6.57. The van der Waals surface area contributed by atoms with Gasteiger partial charge in [0, 0.05) is 32.7 Å². The lowest BCUT2D eigenvalue weighted by molar-refractivity contribution is 0.267. The normalized spacial score (nSPS) is 19.4. The number of aliphatic imine (C=N–C) groups is 1. The van der Waals surface area contributed by atoms with Gasteiger partial charge in [-0.25, -0.2) is 13.1 Å². The zero-order chi connectivity index (χ0) is 16.4. The molecule has 0 aliphatic carbocycles. The summed E-state index contributed by atoms with van der Waals surface area (Å²) in [6, 6.07) is 0.583. The topological polar surface area (TPSA) is 85.8 Å². The third-order valence-electron chi connectivity index (χ3n) is 3.98. The summed E-state index contributed by atoms with van der Waals surface area (Å²) in [7, 11) is -1.33. The second-order valence-corrected chi connectivity index (χ2v) is 7.55. The smallest absolute Gasteiger partial charge is 0.211 e. The van der Waals surface area contributed by atoms with E-state index in [4.69, 9.17) is 0 Å². The number of hydrogen-bond donors (Lipinski definition) is 3. The Morgan fingerprint density at radius 1 is 1.26 bits per heavy atom. The van der Waals surface area contributed by atoms with Crippen molar-refractivity contribution in [1.29, 1.82) is 0 Å². The molecule has 138 valence electrons. The summed E-state index contributed by atoms with van der Waals surface area (Å²) in [6.07, 6.45) is 3.23. The predicted molar refractivity (Wildman–Crippen MR) is 107 cm³/mol. The minimum Gasteiger partial charge on any atom is -0.356 e. The number of nitrogens with one attached hydrogen (secondary N) is 3. The number of nitrogens with zero attached hydrogens (tertiary/aromatic N) is 2. The summed E-state index contributed by atoms with van der Waals surface area (Å²) >= 11 is 0. The van der Waals surface area contributed by atoms with Crippen LogP contribution < -0.4 is 15.4 Å². The van der Waals surface area contributed by atoms with Crippen LogP contribution in [0.25, 0.3) is 0 Å². The van der Waals surface area contributed by atoms with Gasteiger partial charge in [-0.05, 0) is 39.3 Å². The van der Waals surface area contributed by atoms with Gasteiger partial charge in [-0.2, -0.15) is 0 Å². The zero-order valence-corrected chi connectivity index (χ0v) is 17.6. The van der Waals surface area contributed by atoms with Crippen molar-refractivity contribution >= 4 is 40.0 Å². The van der Waals surface area contributed by atoms with E-state index in [1.807, 2.05) is 0 Å². The Morgan fingerprint density at radius 2 is 2.00 bits per heavy atom. The van der Waals surface area contributed by atoms with Gasteiger partial charge in [0.15, 0.2) is 5.96 Å². The number of likely N-dealkylation sites (N-methyl/N-ethyl adjacent to an activating group) is 1. The molecule has 1 rings (SSSR count). The number of rotatable bonds is 9. The van der Waals surface area contributed by atoms with Crippen LogP contribution in [-0.2, 0) is 10.0 Å². The molecule has 1 heterocycles. The van der Waals surface area contributed by atoms with E-state index in [-0.39, 0.29) is 29.7 Å². The van der Waals surface area contributed by atoms with Gasteiger partial charge in [0.25, 0.3) is 0 Å². The molecule has 0 saturated carbocycles. The van der Waals surface area contributed by atoms with E-state index >= 15 is 0 Å². The molecule has 0 radical (unpaired) electrons. The molecule has 0 bridgehead atoms. The van der Waals surface area contributed by atoms with E-state index in [0.29, 0.717) is 19.1 Å². The van der Waals surface area contributed by atoms with Crippen molar-refractivity contribution < 1.29 is 8.42 Å². The van der Waals surface area contributed by atoms with E-state index in [0.717, 1.165) is 25.5 Å². The molecule has 1 aliphatic heterocycles. The highest BCUT2D eigenvalue weighted by Gasteiger charge is 2.22. The molecule has 1 aliphatic rings. The van der Waals surface area contributed by atoms with Crippen LogP contribution in [-0.4, -0.2) is 70.8 Å². The number of halogens is 1. The van der Waals surface area contributed by atoms with Crippen LogP contribution in [0, 0.1) is 0 Å². The molecule has 1 saturated heterocycles. The lowest BCUT2D eigenvalue weighted by Gasteiger charge is -2.24. The lowest BCUT2D eigenvalue weighted by Crippen LogP contribution is -2.45. The minimum atomic E-state index is -3.09. The summed E-state index contributed by atoms with van der Waals surface area (Å²) in [5.41, 5.74) is 0. The van der Waals surface area contributed by atoms with Gasteiger partial charge in [0.2, 0.25) is 10.0 Å². The van der Waals surface area contributed by atoms with Gasteiger partial charge in [0.05, 0.1) is 5.75 Å². The van der Waals surface area contributed by atoms with E-state index in [9.17, 15) is 8.42 Å². The first-order valence-electron chi connectivity index (χ1n) is 8.18. The first-order valence-corrected chi connectivity index (χ1v) is 9.83. The van der Waals surface area contributed by atoms with Crippen LogP contribution in [0.2, 0.25) is 0 Å². The Morgan fingerprint density at radius 3 is 2.61 bits per heavy atom. The number of hydrogen-bond acceptors (Lipinski definition) is 4. The molecule has 9 heteroatoms. The molecule has 0 aromatic carbocycles. The third-order valence-corrected chi connectivity index (χ3v) is 5.39. The van der Waals surface area contributed by atoms with Crippen molar-refractivity contribution in [3.05, 3.63) is 0 Å². The summed E-state index contributed by atoms with van der Waals surface area (Å²) in [6.45, 7) is 8.15. The highest BCUT2D eigenvalue weighted by molar-refractivity contribution is 14.0. The highest BCUT2D eigenvalue weighted by atomic mass is 127. The maximum absolute atomic E-state index is 11.3. The van der Waals surface area contributed by atoms with Crippen LogP contribution in [0.3, 0.4) is 0 Å². The van der Waals surface area contributed by atoms with Crippen molar-refractivity contribution in [2.45, 2.75) is 39.2 Å². The first-order chi connectivity index (χ1) is 10.5. The Balaban J connectivity index is 0.00000484. The Kier molecular flexibility index (Phi) is 12.2. The number of likely N-dealkylation sites (tertiary alicyclic amines) is 1. The van der Waals surface area contributed by atoms with Gasteiger partial charge in [-0.3, -0.25) is 9.89 Å². The van der Waals surface area contributed by atoms with Crippen LogP contribution >= 0.6 is 24.0 Å². The number of sulfonamides is 1. The predicted octanol–water partition coefficient (Wildman–Crippen LogP) is 0.583. The minimum absolute atomic E-state index is 0. The molecule has 1 unspecified atom stereocenters. The van der Waals surface area contributed by atoms with Crippen molar-refractivity contribution in [1.82, 2.24) is 20.3 Å². The molecule has 1 fully saturated rings. The van der Waals surface area contributed by atoms with E-state index in [2.05, 4.69) is 32.2 Å². The molecule has 1 atom stereocenters. The molecule has 7 nitrogen and oxygen atoms in total. The molecular formula is C14H32IN5O2S. The quantitative estimate of drug-likeness (QED) is 0.203. The van der Waals surface area contributed by atoms with Crippen LogP contribution in [0.5, 0.6) is 0 Å². The monoisotopic (exact) mass is 461 g/mol. The average molecular weight is 461 g/mol. The lowest BCUT2D eigenvalue weighted by atomic mass is 10.2. The first kappa shape index (κ1) is 22.9.